The van der Waals surface area contributed by atoms with Crippen LogP contribution in [0.1, 0.15) is 80.0 Å². The summed E-state index contributed by atoms with van der Waals surface area (Å²) in [5.74, 6) is -7.04. The van der Waals surface area contributed by atoms with Gasteiger partial charge in [0.25, 0.3) is 0 Å². The highest BCUT2D eigenvalue weighted by atomic mass is 35.5. The average Bonchev–Trinajstić information content (AvgIpc) is 1.75. The average molecular weight is 2150 g/mol. The summed E-state index contributed by atoms with van der Waals surface area (Å²) < 4.78 is 193. The molecule has 6 atom stereocenters. The molecule has 0 spiro atoms. The second-order valence-electron chi connectivity index (χ2n) is 33.7. The number of halogens is 10. The number of amides is 8. The third-order valence-electron chi connectivity index (χ3n) is 23.0. The van der Waals surface area contributed by atoms with Gasteiger partial charge in [0.2, 0.25) is 47.3 Å². The predicted octanol–water partition coefficient (Wildman–Crippen LogP) is 12.1. The van der Waals surface area contributed by atoms with Gasteiger partial charge in [0.1, 0.15) is 39.6 Å². The molecule has 5 aliphatic heterocycles. The Morgan fingerprint density at radius 3 is 1.17 bits per heavy atom. The van der Waals surface area contributed by atoms with Crippen molar-refractivity contribution in [1.29, 1.82) is 0 Å². The van der Waals surface area contributed by atoms with Gasteiger partial charge in [-0.3, -0.25) is 38.4 Å². The van der Waals surface area contributed by atoms with Gasteiger partial charge in [-0.25, -0.2) is 69.0 Å². The zero-order valence-electron chi connectivity index (χ0n) is 75.2. The minimum Gasteiger partial charge on any atom is -0.355 e. The summed E-state index contributed by atoms with van der Waals surface area (Å²) in [6.07, 6.45) is 4.08. The van der Waals surface area contributed by atoms with E-state index in [9.17, 15) is 102 Å². The summed E-state index contributed by atoms with van der Waals surface area (Å²) >= 11 is 31.5. The monoisotopic (exact) mass is 2150 g/mol. The Balaban J connectivity index is 0.000000167. The van der Waals surface area contributed by atoms with Gasteiger partial charge in [0.15, 0.2) is 64.9 Å². The third kappa shape index (κ3) is 30.4. The number of carbonyl (C=O) groups is 8. The molecule has 0 aliphatic carbocycles. The van der Waals surface area contributed by atoms with Crippen LogP contribution in [-0.2, 0) is 140 Å². The summed E-state index contributed by atoms with van der Waals surface area (Å²) in [5, 5.41) is 4.02. The van der Waals surface area contributed by atoms with Crippen molar-refractivity contribution in [1.82, 2.24) is 50.0 Å². The number of aromatic nitrogens is 2. The van der Waals surface area contributed by atoms with Gasteiger partial charge in [-0.15, -0.1) is 22.7 Å². The molecule has 45 heteroatoms. The molecule has 744 valence electrons. The van der Waals surface area contributed by atoms with Gasteiger partial charge in [0.05, 0.1) is 103 Å². The molecule has 6 unspecified atom stereocenters. The second-order valence-corrected chi connectivity index (χ2v) is 49.2. The molecule has 8 amide bonds. The molecule has 139 heavy (non-hydrogen) atoms. The summed E-state index contributed by atoms with van der Waals surface area (Å²) in [5.41, 5.74) is 5.39. The maximum absolute atomic E-state index is 13.3. The lowest BCUT2D eigenvalue weighted by molar-refractivity contribution is -0.133. The van der Waals surface area contributed by atoms with Crippen LogP contribution in [0.2, 0.25) is 25.1 Å². The lowest BCUT2D eigenvalue weighted by atomic mass is 10.1. The highest BCUT2D eigenvalue weighted by Gasteiger charge is 2.45. The Kier molecular flexibility index (Phi) is 38.1. The van der Waals surface area contributed by atoms with E-state index in [4.69, 9.17) is 58.0 Å². The van der Waals surface area contributed by atoms with Gasteiger partial charge in [-0.2, -0.15) is 0 Å². The number of nitrogens with one attached hydrogen (secondary N) is 3. The number of carbonyl (C=O) groups excluding carboxylic acids is 8. The second kappa shape index (κ2) is 48.5. The van der Waals surface area contributed by atoms with E-state index in [1.807, 2.05) is 89.9 Å². The van der Waals surface area contributed by atoms with Crippen LogP contribution in [0.25, 0.3) is 10.6 Å². The van der Waals surface area contributed by atoms with Gasteiger partial charge < -0.3 is 45.0 Å². The fraction of sp³-hybridized carbons (Fsp3) is 0.351. The summed E-state index contributed by atoms with van der Waals surface area (Å²) in [6, 6.07) is 45.6. The quantitative estimate of drug-likeness (QED) is 0.0531. The molecule has 3 N–H and O–H groups in total. The summed E-state index contributed by atoms with van der Waals surface area (Å²) in [4.78, 5) is 114. The maximum Gasteiger partial charge on any atom is 0.240 e. The van der Waals surface area contributed by atoms with E-state index in [2.05, 4.69) is 20.9 Å². The van der Waals surface area contributed by atoms with Gasteiger partial charge in [-0.05, 0) is 150 Å². The first-order valence-corrected chi connectivity index (χ1v) is 55.5. The van der Waals surface area contributed by atoms with E-state index in [0.29, 0.717) is 45.7 Å². The van der Waals surface area contributed by atoms with Crippen LogP contribution in [-0.4, -0.2) is 245 Å². The van der Waals surface area contributed by atoms with Crippen molar-refractivity contribution in [3.8, 4) is 10.6 Å². The Bertz CT molecular complexity index is 6770. The molecular formula is C94H98Cl5F5N10O18S7. The molecule has 5 aliphatic rings. The van der Waals surface area contributed by atoms with Crippen molar-refractivity contribution in [3.05, 3.63) is 297 Å². The molecule has 15 rings (SSSR count). The first kappa shape index (κ1) is 109. The topological polar surface area (TPSA) is 377 Å². The van der Waals surface area contributed by atoms with Crippen LogP contribution in [0, 0.1) is 29.1 Å². The molecule has 28 nitrogen and oxygen atoms in total. The molecule has 0 saturated carbocycles. The fourth-order valence-corrected chi connectivity index (χ4v) is 27.5. The number of hydrogen-bond acceptors (Lipinski definition) is 21. The number of sulfone groups is 5. The minimum absolute atomic E-state index is 0.0125. The van der Waals surface area contributed by atoms with Crippen LogP contribution < -0.4 is 16.0 Å². The van der Waals surface area contributed by atoms with Gasteiger partial charge in [0, 0.05) is 107 Å². The van der Waals surface area contributed by atoms with E-state index < -0.39 is 128 Å². The minimum atomic E-state index is -3.66. The SMILES string of the molecule is CC(C)NC(=O)C1CN(C(=O)Cc2ccc(F)c(Cl)c2)CCS1(=O)=O.CC1CS(=O)(=O)C(c2cccs2)CN1C(=O)Cc1ccc(F)c(Cl)c1.Cn1cnc(-c2ccc(C3CN(C(=O)Cc4ccc(F)c(Cl)c4)CCS3(=O)=O)s2)c1.O=C(NCCc1ccccc1)C1CN(C(=O)Cc2ccc(F)c(Cl)c2)CCS1(=O)=O.O=C(NCc1ccccc1)C1CN(C(=O)Cc2ccc(F)c(Cl)c2)CCS1(=O)=O. The van der Waals surface area contributed by atoms with E-state index in [-0.39, 0.29) is 187 Å². The first-order valence-electron chi connectivity index (χ1n) is 43.4. The van der Waals surface area contributed by atoms with Crippen LogP contribution in [0.3, 0.4) is 0 Å². The van der Waals surface area contributed by atoms with Crippen LogP contribution in [0.15, 0.2) is 194 Å². The number of thiophene rings is 2. The van der Waals surface area contributed by atoms with E-state index in [1.165, 1.54) is 128 Å². The van der Waals surface area contributed by atoms with Gasteiger partial charge in [-0.1, -0.05) is 155 Å². The lowest BCUT2D eigenvalue weighted by Crippen LogP contribution is -2.56. The largest absolute Gasteiger partial charge is 0.355 e. The first-order chi connectivity index (χ1) is 65.6. The van der Waals surface area contributed by atoms with Crippen molar-refractivity contribution in [2.45, 2.75) is 104 Å². The number of benzene rings is 7. The predicted molar refractivity (Wildman–Crippen MR) is 524 cm³/mol. The van der Waals surface area contributed by atoms with Crippen molar-refractivity contribution in [3.63, 3.8) is 0 Å². The zero-order chi connectivity index (χ0) is 101. The molecule has 8 heterocycles. The molecule has 5 fully saturated rings. The normalized spacial score (nSPS) is 19.3. The third-order valence-corrected chi connectivity index (χ3v) is 37.2. The maximum atomic E-state index is 13.3. The summed E-state index contributed by atoms with van der Waals surface area (Å²) in [6.45, 7) is 5.54. The van der Waals surface area contributed by atoms with Crippen LogP contribution >= 0.6 is 80.7 Å². The number of aryl methyl sites for hydroxylation is 1. The zero-order valence-corrected chi connectivity index (χ0v) is 84.7. The molecule has 10 aromatic rings. The van der Waals surface area contributed by atoms with Crippen molar-refractivity contribution < 1.29 is 102 Å². The van der Waals surface area contributed by atoms with Crippen molar-refractivity contribution in [2.75, 3.05) is 94.2 Å². The number of hydrogen-bond donors (Lipinski definition) is 3. The Labute approximate surface area is 835 Å². The van der Waals surface area contributed by atoms with Crippen LogP contribution in [0.5, 0.6) is 0 Å². The molecule has 7 aromatic carbocycles. The lowest BCUT2D eigenvalue weighted by Gasteiger charge is -2.37. The van der Waals surface area contributed by atoms with E-state index in [1.54, 1.807) is 55.1 Å². The fourth-order valence-electron chi connectivity index (χ4n) is 15.4. The number of rotatable bonds is 22. The van der Waals surface area contributed by atoms with E-state index >= 15 is 0 Å². The standard InChI is InChI=1S/C21H22ClFN2O4S.C20H19ClFN3O3S2.C20H20ClFN2O4S.C17H17ClFNO3S2.C16H20ClFN2O4S/c22-17-12-16(6-7-18(17)23)13-20(26)25-10-11-30(28,29)19(14-25)21(27)24-9-8-15-4-2-1-3-5-15;1-24-10-16(23-12-24)17-4-5-18(29-17)19-11-25(6-7-30(19,27)28)20(26)9-13-2-3-15(22)14(21)8-13;21-16-10-15(6-7-17(16)22)11-19(25)24-8-9-29(27,28)18(13-24)20(26)23-12-14-4-2-1-3-5-14;1-11-10-25(22,23)16(15-3-2-6-24-15)9-20(11)17(21)8-12-4-5-14(19)13(18)7-12;1-10(2)19-16(22)14-9-20(5-6-25(14,23)24)15(21)8-11-3-4-13(18)12(17)7-11/h1-7,12,19H,8-11,13-14H2,(H,24,27);2-5,8,10,12,19H,6-7,9,11H2,1H3;1-7,10,18H,8-9,11-13H2,(H,23,26);2-7,11,16H,8-10H2,1H3;3-4,7,10,14H,5-6,8-9H2,1-2H3,(H,19,22). The van der Waals surface area contributed by atoms with Crippen LogP contribution in [0.4, 0.5) is 22.0 Å². The molecule has 0 bridgehead atoms. The highest BCUT2D eigenvalue weighted by Crippen LogP contribution is 2.38. The molecule has 0 radical (unpaired) electrons. The molecular weight excluding hydrogens is 2050 g/mol. The van der Waals surface area contributed by atoms with Gasteiger partial charge >= 0.3 is 0 Å². The Hall–Kier alpha value is -10.2. The van der Waals surface area contributed by atoms with Crippen molar-refractivity contribution in [2.24, 2.45) is 7.05 Å². The smallest absolute Gasteiger partial charge is 0.240 e. The van der Waals surface area contributed by atoms with Crippen molar-refractivity contribution >= 4 is 177 Å². The highest BCUT2D eigenvalue weighted by molar-refractivity contribution is 7.93. The molecule has 3 aromatic heterocycles. The van der Waals surface area contributed by atoms with E-state index in [0.717, 1.165) is 26.6 Å². The molecule has 5 saturated heterocycles. The Morgan fingerprint density at radius 2 is 0.791 bits per heavy atom. The number of nitrogens with zero attached hydrogens (tertiary/aromatic N) is 7. The Morgan fingerprint density at radius 1 is 0.417 bits per heavy atom. The number of imidazole rings is 1. The summed E-state index contributed by atoms with van der Waals surface area (Å²) in [7, 11) is -15.7.